The van der Waals surface area contributed by atoms with Gasteiger partial charge in [0.15, 0.2) is 24.5 Å². The minimum Gasteiger partial charge on any atom is -0.468 e. The highest BCUT2D eigenvalue weighted by Crippen LogP contribution is 2.70. The van der Waals surface area contributed by atoms with Gasteiger partial charge in [-0.1, -0.05) is 64.1 Å². The number of nitrogens with one attached hydrogen (secondary N) is 2. The number of aliphatic hydroxyl groups excluding tert-OH is 5. The molecule has 18 heteroatoms. The smallest absolute Gasteiger partial charge is 0.261 e. The van der Waals surface area contributed by atoms with Gasteiger partial charge in [-0.2, -0.15) is 0 Å². The van der Waals surface area contributed by atoms with Gasteiger partial charge in [0.1, 0.15) is 55.1 Å². The van der Waals surface area contributed by atoms with Crippen molar-refractivity contribution < 1.29 is 68.2 Å². The molecule has 2 aromatic carbocycles. The third-order valence-electron chi connectivity index (χ3n) is 18.3. The fourth-order valence-corrected chi connectivity index (χ4v) is 15.2. The summed E-state index contributed by atoms with van der Waals surface area (Å²) >= 11 is 10.9. The molecule has 8 aliphatic rings. The Kier molecular flexibility index (Phi) is 15.0. The van der Waals surface area contributed by atoms with Gasteiger partial charge in [-0.05, 0) is 134 Å². The van der Waals surface area contributed by atoms with Crippen molar-refractivity contribution in [3.05, 3.63) is 60.7 Å². The highest BCUT2D eigenvalue weighted by Gasteiger charge is 2.71. The minimum absolute atomic E-state index is 0.00766. The normalized spacial score (nSPS) is 46.0. The maximum absolute atomic E-state index is 14.7. The Bertz CT molecular complexity index is 2210. The van der Waals surface area contributed by atoms with Crippen LogP contribution in [0.3, 0.4) is 0 Å². The number of carbonyl (C=O) groups excluding carboxylic acids is 1. The Hall–Kier alpha value is -2.95. The maximum Gasteiger partial charge on any atom is 0.261 e. The molecule has 390 valence electrons. The predicted octanol–water partition coefficient (Wildman–Crippen LogP) is 5.46. The third kappa shape index (κ3) is 9.70. The van der Waals surface area contributed by atoms with E-state index in [1.807, 2.05) is 24.3 Å². The van der Waals surface area contributed by atoms with E-state index >= 15 is 0 Å². The summed E-state index contributed by atoms with van der Waals surface area (Å²) < 4.78 is 50.2. The van der Waals surface area contributed by atoms with Gasteiger partial charge in [-0.3, -0.25) is 4.79 Å². The second-order valence-electron chi connectivity index (χ2n) is 22.5. The van der Waals surface area contributed by atoms with Gasteiger partial charge in [0, 0.05) is 36.1 Å². The first-order valence-corrected chi connectivity index (χ1v) is 26.6. The number of fused-ring (bicyclic) bond motifs is 7. The summed E-state index contributed by atoms with van der Waals surface area (Å²) in [5.41, 5.74) is 0.965. The third-order valence-corrected chi connectivity index (χ3v) is 18.7. The molecule has 2 aromatic rings. The minimum atomic E-state index is -1.77. The van der Waals surface area contributed by atoms with Crippen molar-refractivity contribution in [1.82, 2.24) is 0 Å². The largest absolute Gasteiger partial charge is 0.468 e. The summed E-state index contributed by atoms with van der Waals surface area (Å²) in [7, 11) is 0. The number of thiocarbonyl (C=S) groups is 2. The topological polar surface area (TPSA) is 216 Å². The average molecular weight is 1030 g/mol. The zero-order valence-electron chi connectivity index (χ0n) is 41.0. The number of ketones is 1. The Labute approximate surface area is 426 Å². The summed E-state index contributed by atoms with van der Waals surface area (Å²) in [6.07, 6.45) is -7.54. The van der Waals surface area contributed by atoms with Crippen LogP contribution in [-0.2, 0) is 42.7 Å². The molecule has 4 heterocycles. The zero-order valence-corrected chi connectivity index (χ0v) is 42.6. The van der Waals surface area contributed by atoms with Crippen molar-refractivity contribution >= 4 is 51.9 Å². The SMILES string of the molecule is C[C@@H]1CC[C@@]2(OC1)O[C@H]1C[C@H]3[C@@H]4CC[C@H]5C[C@@H](O[C@@H]6O[C@H](CO)[C@@H](O[C@@H]7O[C@H](COC(=S)Nc8ccccc8)[C@@H](OC(=S)Nc8ccccc8)[C@H](O)[C@H]7O)[C@H](O)[C@H]6O)CC[C@]5(C)[C@H]4C(=O)C[C@]3(C)[C@H]1[C@@H]2C. The lowest BCUT2D eigenvalue weighted by molar-refractivity contribution is -0.363. The van der Waals surface area contributed by atoms with Crippen molar-refractivity contribution in [2.45, 2.75) is 165 Å². The van der Waals surface area contributed by atoms with Crippen LogP contribution in [-0.4, -0.2) is 141 Å². The molecule has 0 aromatic heterocycles. The van der Waals surface area contributed by atoms with E-state index in [9.17, 15) is 30.3 Å². The van der Waals surface area contributed by atoms with Gasteiger partial charge in [0.2, 0.25) is 0 Å². The number of ether oxygens (including phenoxy) is 8. The van der Waals surface area contributed by atoms with Crippen molar-refractivity contribution in [3.8, 4) is 0 Å². The summed E-state index contributed by atoms with van der Waals surface area (Å²) in [5.74, 6) is 1.77. The Morgan fingerprint density at radius 2 is 1.41 bits per heavy atom. The van der Waals surface area contributed by atoms with Crippen molar-refractivity contribution in [2.75, 3.05) is 30.5 Å². The lowest BCUT2D eigenvalue weighted by atomic mass is 9.44. The fourth-order valence-electron chi connectivity index (χ4n) is 14.8. The van der Waals surface area contributed by atoms with Gasteiger partial charge in [-0.15, -0.1) is 0 Å². The van der Waals surface area contributed by atoms with E-state index < -0.39 is 73.8 Å². The molecular weight excluding hydrogens is 953 g/mol. The van der Waals surface area contributed by atoms with Crippen LogP contribution in [0.5, 0.6) is 0 Å². The Morgan fingerprint density at radius 1 is 0.761 bits per heavy atom. The summed E-state index contributed by atoms with van der Waals surface area (Å²) in [6, 6.07) is 18.1. The predicted molar refractivity (Wildman–Crippen MR) is 266 cm³/mol. The van der Waals surface area contributed by atoms with E-state index in [1.165, 1.54) is 0 Å². The number of rotatable bonds is 10. The number of anilines is 2. The molecule has 4 saturated carbocycles. The summed E-state index contributed by atoms with van der Waals surface area (Å²) in [4.78, 5) is 14.7. The number of hydrogen-bond donors (Lipinski definition) is 7. The van der Waals surface area contributed by atoms with Crippen LogP contribution in [0.15, 0.2) is 60.7 Å². The van der Waals surface area contributed by atoms with E-state index in [-0.39, 0.29) is 57.7 Å². The van der Waals surface area contributed by atoms with Gasteiger partial charge in [0.25, 0.3) is 10.3 Å². The molecule has 22 atom stereocenters. The van der Waals surface area contributed by atoms with E-state index in [0.29, 0.717) is 60.1 Å². The van der Waals surface area contributed by atoms with Crippen LogP contribution in [0.25, 0.3) is 0 Å². The Morgan fingerprint density at radius 3 is 2.07 bits per heavy atom. The Balaban J connectivity index is 0.771. The van der Waals surface area contributed by atoms with Crippen LogP contribution >= 0.6 is 24.4 Å². The zero-order chi connectivity index (χ0) is 50.0. The van der Waals surface area contributed by atoms with Crippen molar-refractivity contribution in [2.24, 2.45) is 52.3 Å². The highest BCUT2D eigenvalue weighted by molar-refractivity contribution is 7.80. The van der Waals surface area contributed by atoms with Crippen molar-refractivity contribution in [1.29, 1.82) is 0 Å². The molecule has 0 radical (unpaired) electrons. The van der Waals surface area contributed by atoms with E-state index in [1.54, 1.807) is 36.4 Å². The lowest BCUT2D eigenvalue weighted by Crippen LogP contribution is -2.65. The maximum atomic E-state index is 14.7. The van der Waals surface area contributed by atoms with Crippen LogP contribution in [0.2, 0.25) is 0 Å². The van der Waals surface area contributed by atoms with Gasteiger partial charge >= 0.3 is 0 Å². The van der Waals surface area contributed by atoms with Crippen LogP contribution in [0, 0.1) is 52.3 Å². The van der Waals surface area contributed by atoms with Crippen LogP contribution in [0.1, 0.15) is 85.5 Å². The molecule has 7 N–H and O–H groups in total. The first-order valence-electron chi connectivity index (χ1n) is 25.8. The van der Waals surface area contributed by atoms with Crippen molar-refractivity contribution in [3.63, 3.8) is 0 Å². The number of hydrogen-bond acceptors (Lipinski definition) is 16. The van der Waals surface area contributed by atoms with Gasteiger partial charge < -0.3 is 74.1 Å². The molecule has 10 rings (SSSR count). The molecule has 1 spiro atoms. The first kappa shape index (κ1) is 51.5. The van der Waals surface area contributed by atoms with Crippen LogP contribution < -0.4 is 10.6 Å². The fraction of sp³-hybridized carbons (Fsp3) is 0.717. The van der Waals surface area contributed by atoms with E-state index in [0.717, 1.165) is 45.1 Å². The number of benzene rings is 2. The van der Waals surface area contributed by atoms with Gasteiger partial charge in [0.05, 0.1) is 25.4 Å². The number of aliphatic hydroxyl groups is 5. The highest BCUT2D eigenvalue weighted by atomic mass is 32.1. The molecule has 4 aliphatic heterocycles. The second kappa shape index (κ2) is 20.6. The second-order valence-corrected chi connectivity index (χ2v) is 23.2. The summed E-state index contributed by atoms with van der Waals surface area (Å²) in [6.45, 7) is 8.99. The standard InChI is InChI=1S/C53H72N2O14S2/c1-27-17-20-53(63-25-27)28(2)39-36(69-53)22-34-33-16-15-29-21-32(18-19-51(29,3)40(33)35(57)23-52(34,39)4)64-47-43(60)41(58)45(37(24-56)65-47)67-48-44(61)42(59)46(68-50(71)55-31-13-9-6-10-14-31)38(66-48)26-62-49(70)54-30-11-7-5-8-12-30/h5-14,27-29,32-34,36-48,56,58-61H,15-26H2,1-4H3,(H,54,70)(H,55,71)/t27-,28+,29+,32+,33+,34+,36+,37-,38-,39+,40-,41-,42-,43-,44-,45-,46-,47-,48+,51+,52+,53-/m1/s1. The summed E-state index contributed by atoms with van der Waals surface area (Å²) in [5, 5.41) is 62.7. The molecule has 4 saturated heterocycles. The first-order chi connectivity index (χ1) is 34.0. The average Bonchev–Trinajstić information content (AvgIpc) is 3.80. The molecule has 71 heavy (non-hydrogen) atoms. The lowest BCUT2D eigenvalue weighted by Gasteiger charge is -2.60. The van der Waals surface area contributed by atoms with Crippen LogP contribution in [0.4, 0.5) is 11.4 Å². The molecule has 0 amide bonds. The quantitative estimate of drug-likeness (QED) is 0.116. The number of para-hydroxylation sites is 2. The molecular formula is C53H72N2O14S2. The number of Topliss-reactive ketones (excluding diaryl/α,β-unsaturated/α-hetero) is 1. The molecule has 0 bridgehead atoms. The molecule has 0 unspecified atom stereocenters. The molecule has 4 aliphatic carbocycles. The number of carbonyl (C=O) groups is 1. The molecule has 16 nitrogen and oxygen atoms in total. The van der Waals surface area contributed by atoms with E-state index in [2.05, 4.69) is 38.3 Å². The van der Waals surface area contributed by atoms with E-state index in [4.69, 9.17) is 62.3 Å². The monoisotopic (exact) mass is 1020 g/mol. The van der Waals surface area contributed by atoms with Gasteiger partial charge in [-0.25, -0.2) is 0 Å². The molecule has 8 fully saturated rings.